The molecule has 0 aliphatic rings. The highest BCUT2D eigenvalue weighted by Crippen LogP contribution is 2.27. The van der Waals surface area contributed by atoms with Crippen molar-refractivity contribution >= 4 is 29.1 Å². The van der Waals surface area contributed by atoms with Gasteiger partial charge in [0.25, 0.3) is 11.8 Å². The number of nitrogens with one attached hydrogen (secondary N) is 2. The summed E-state index contributed by atoms with van der Waals surface area (Å²) in [5, 5.41) is 11.1. The van der Waals surface area contributed by atoms with Crippen LogP contribution in [-0.2, 0) is 4.79 Å². The van der Waals surface area contributed by atoms with Crippen molar-refractivity contribution in [1.82, 2.24) is 10.9 Å². The van der Waals surface area contributed by atoms with Crippen LogP contribution < -0.4 is 20.3 Å². The zero-order valence-corrected chi connectivity index (χ0v) is 14.6. The van der Waals surface area contributed by atoms with Crippen LogP contribution in [0.2, 0.25) is 5.02 Å². The van der Waals surface area contributed by atoms with E-state index in [1.165, 1.54) is 25.3 Å². The number of ether oxygens (including phenoxy) is 2. The summed E-state index contributed by atoms with van der Waals surface area (Å²) >= 11 is 5.82. The molecule has 0 heterocycles. The van der Waals surface area contributed by atoms with E-state index < -0.39 is 40.6 Å². The van der Waals surface area contributed by atoms with Crippen molar-refractivity contribution in [2.75, 3.05) is 13.7 Å². The van der Waals surface area contributed by atoms with Crippen LogP contribution >= 0.6 is 11.6 Å². The van der Waals surface area contributed by atoms with Gasteiger partial charge in [-0.05, 0) is 24.3 Å². The van der Waals surface area contributed by atoms with E-state index in [9.17, 15) is 24.1 Å². The average molecular weight is 398 g/mol. The Balaban J connectivity index is 1.96. The third-order valence-electron chi connectivity index (χ3n) is 3.20. The number of benzene rings is 2. The highest BCUT2D eigenvalue weighted by molar-refractivity contribution is 6.31. The number of carbonyl (C=O) groups is 2. The first-order valence-corrected chi connectivity index (χ1v) is 7.69. The molecule has 2 aromatic rings. The molecular formula is C16H13ClFN3O6. The number of hydrazine groups is 1. The second kappa shape index (κ2) is 8.81. The Bertz CT molecular complexity index is 892. The number of hydrogen-bond acceptors (Lipinski definition) is 6. The van der Waals surface area contributed by atoms with Gasteiger partial charge in [0.05, 0.1) is 17.6 Å². The zero-order valence-electron chi connectivity index (χ0n) is 13.8. The minimum absolute atomic E-state index is 0.0759. The Morgan fingerprint density at radius 2 is 1.93 bits per heavy atom. The first-order chi connectivity index (χ1) is 12.8. The molecule has 0 unspecified atom stereocenters. The van der Waals surface area contributed by atoms with Crippen LogP contribution in [0.5, 0.6) is 11.5 Å². The van der Waals surface area contributed by atoms with Gasteiger partial charge < -0.3 is 9.47 Å². The molecule has 27 heavy (non-hydrogen) atoms. The normalized spacial score (nSPS) is 10.0. The number of nitro groups is 1. The van der Waals surface area contributed by atoms with Gasteiger partial charge >= 0.3 is 5.69 Å². The quantitative estimate of drug-likeness (QED) is 0.569. The highest BCUT2D eigenvalue weighted by atomic mass is 35.5. The standard InChI is InChI=1S/C16H13ClFN3O6/c1-26-13-5-2-9(17)6-11(13)16(23)20-19-15(22)8-27-14-7-10(18)3-4-12(14)21(24)25/h2-7H,8H2,1H3,(H,19,22)(H,20,23). The maximum Gasteiger partial charge on any atom is 0.311 e. The van der Waals surface area contributed by atoms with Gasteiger partial charge in [-0.25, -0.2) is 4.39 Å². The average Bonchev–Trinajstić information content (AvgIpc) is 2.64. The van der Waals surface area contributed by atoms with Crippen LogP contribution in [0.15, 0.2) is 36.4 Å². The topological polar surface area (TPSA) is 120 Å². The van der Waals surface area contributed by atoms with Crippen LogP contribution in [0.3, 0.4) is 0 Å². The number of halogens is 2. The molecule has 2 amide bonds. The number of methoxy groups -OCH3 is 1. The molecule has 0 fully saturated rings. The molecule has 11 heteroatoms. The van der Waals surface area contributed by atoms with Crippen molar-refractivity contribution < 1.29 is 28.4 Å². The number of rotatable bonds is 6. The Morgan fingerprint density at radius 3 is 2.59 bits per heavy atom. The molecule has 2 N–H and O–H groups in total. The molecule has 0 aromatic heterocycles. The number of amides is 2. The van der Waals surface area contributed by atoms with Crippen molar-refractivity contribution in [3.63, 3.8) is 0 Å². The summed E-state index contributed by atoms with van der Waals surface area (Å²) in [6.07, 6.45) is 0. The molecule has 0 bridgehead atoms. The predicted molar refractivity (Wildman–Crippen MR) is 92.2 cm³/mol. The lowest BCUT2D eigenvalue weighted by atomic mass is 10.2. The molecule has 0 spiro atoms. The molecule has 0 aliphatic carbocycles. The monoisotopic (exact) mass is 397 g/mol. The van der Waals surface area contributed by atoms with Gasteiger partial charge in [-0.1, -0.05) is 11.6 Å². The Kier molecular flexibility index (Phi) is 6.50. The van der Waals surface area contributed by atoms with Gasteiger partial charge in [0, 0.05) is 17.2 Å². The summed E-state index contributed by atoms with van der Waals surface area (Å²) in [6, 6.07) is 6.93. The van der Waals surface area contributed by atoms with Crippen molar-refractivity contribution in [2.24, 2.45) is 0 Å². The Hall–Kier alpha value is -3.40. The van der Waals surface area contributed by atoms with E-state index in [2.05, 4.69) is 10.9 Å². The number of nitro benzene ring substituents is 1. The van der Waals surface area contributed by atoms with Crippen LogP contribution in [0, 0.1) is 15.9 Å². The van der Waals surface area contributed by atoms with E-state index in [4.69, 9.17) is 21.1 Å². The van der Waals surface area contributed by atoms with Gasteiger partial charge in [0.2, 0.25) is 5.75 Å². The summed E-state index contributed by atoms with van der Waals surface area (Å²) < 4.78 is 23.2. The van der Waals surface area contributed by atoms with Crippen LogP contribution in [-0.4, -0.2) is 30.5 Å². The summed E-state index contributed by atoms with van der Waals surface area (Å²) in [5.41, 5.74) is 3.75. The SMILES string of the molecule is COc1ccc(Cl)cc1C(=O)NNC(=O)COc1cc(F)ccc1[N+](=O)[O-]. The third-order valence-corrected chi connectivity index (χ3v) is 3.43. The molecule has 0 radical (unpaired) electrons. The second-order valence-electron chi connectivity index (χ2n) is 5.00. The van der Waals surface area contributed by atoms with E-state index in [1.807, 2.05) is 0 Å². The molecule has 0 atom stereocenters. The summed E-state index contributed by atoms with van der Waals surface area (Å²) in [4.78, 5) is 33.9. The first-order valence-electron chi connectivity index (χ1n) is 7.31. The van der Waals surface area contributed by atoms with E-state index in [-0.39, 0.29) is 16.3 Å². The number of nitrogens with zero attached hydrogens (tertiary/aromatic N) is 1. The van der Waals surface area contributed by atoms with Gasteiger partial charge in [0.1, 0.15) is 11.6 Å². The van der Waals surface area contributed by atoms with Gasteiger partial charge in [-0.15, -0.1) is 0 Å². The smallest absolute Gasteiger partial charge is 0.311 e. The van der Waals surface area contributed by atoms with Crippen molar-refractivity contribution in [1.29, 1.82) is 0 Å². The molecule has 2 rings (SSSR count). The molecule has 9 nitrogen and oxygen atoms in total. The third kappa shape index (κ3) is 5.28. The van der Waals surface area contributed by atoms with Crippen LogP contribution in [0.1, 0.15) is 10.4 Å². The van der Waals surface area contributed by atoms with Crippen molar-refractivity contribution in [3.8, 4) is 11.5 Å². The Morgan fingerprint density at radius 1 is 1.19 bits per heavy atom. The minimum atomic E-state index is -0.831. The lowest BCUT2D eigenvalue weighted by Crippen LogP contribution is -2.44. The zero-order chi connectivity index (χ0) is 20.0. The molecule has 0 saturated heterocycles. The summed E-state index contributed by atoms with van der Waals surface area (Å²) in [7, 11) is 1.36. The Labute approximate surface area is 157 Å². The van der Waals surface area contributed by atoms with Crippen LogP contribution in [0.25, 0.3) is 0 Å². The fourth-order valence-corrected chi connectivity index (χ4v) is 2.16. The fraction of sp³-hybridized carbons (Fsp3) is 0.125. The van der Waals surface area contributed by atoms with Crippen LogP contribution in [0.4, 0.5) is 10.1 Å². The lowest BCUT2D eigenvalue weighted by molar-refractivity contribution is -0.385. The predicted octanol–water partition coefficient (Wildman–Crippen LogP) is 2.24. The van der Waals surface area contributed by atoms with Gasteiger partial charge in [-0.2, -0.15) is 0 Å². The maximum atomic E-state index is 13.2. The molecule has 0 saturated carbocycles. The van der Waals surface area contributed by atoms with Crippen molar-refractivity contribution in [2.45, 2.75) is 0 Å². The highest BCUT2D eigenvalue weighted by Gasteiger charge is 2.18. The molecule has 142 valence electrons. The molecule has 2 aromatic carbocycles. The van der Waals surface area contributed by atoms with E-state index in [0.717, 1.165) is 18.2 Å². The minimum Gasteiger partial charge on any atom is -0.496 e. The number of carbonyl (C=O) groups excluding carboxylic acids is 2. The van der Waals surface area contributed by atoms with E-state index in [0.29, 0.717) is 0 Å². The van der Waals surface area contributed by atoms with E-state index in [1.54, 1.807) is 0 Å². The summed E-state index contributed by atoms with van der Waals surface area (Å²) in [5.74, 6) is -2.49. The number of hydrogen-bond donors (Lipinski definition) is 2. The largest absolute Gasteiger partial charge is 0.496 e. The maximum absolute atomic E-state index is 13.2. The summed E-state index contributed by atoms with van der Waals surface area (Å²) in [6.45, 7) is -0.697. The van der Waals surface area contributed by atoms with Crippen molar-refractivity contribution in [3.05, 3.63) is 62.9 Å². The van der Waals surface area contributed by atoms with E-state index >= 15 is 0 Å². The fourth-order valence-electron chi connectivity index (χ4n) is 1.99. The van der Waals surface area contributed by atoms with Gasteiger partial charge in [0.15, 0.2) is 6.61 Å². The molecular weight excluding hydrogens is 385 g/mol. The molecule has 0 aliphatic heterocycles. The second-order valence-corrected chi connectivity index (χ2v) is 5.44. The first kappa shape index (κ1) is 19.9. The van der Waals surface area contributed by atoms with Gasteiger partial charge in [-0.3, -0.25) is 30.6 Å². The lowest BCUT2D eigenvalue weighted by Gasteiger charge is -2.11.